The van der Waals surface area contributed by atoms with Crippen molar-refractivity contribution in [1.29, 1.82) is 0 Å². The Bertz CT molecular complexity index is 454. The number of amides is 1. The molecule has 0 spiro atoms. The number of rotatable bonds is 4. The molecule has 2 unspecified atom stereocenters. The summed E-state index contributed by atoms with van der Waals surface area (Å²) in [6.45, 7) is 2.83. The fourth-order valence-electron chi connectivity index (χ4n) is 2.03. The monoisotopic (exact) mass is 315 g/mol. The van der Waals surface area contributed by atoms with Crippen LogP contribution in [0.15, 0.2) is 29.2 Å². The van der Waals surface area contributed by atoms with Gasteiger partial charge in [-0.2, -0.15) is 0 Å². The van der Waals surface area contributed by atoms with Crippen LogP contribution >= 0.6 is 23.4 Å². The molecule has 0 radical (unpaired) electrons. The molecule has 0 aromatic heterocycles. The number of carbonyl (C=O) groups excluding carboxylic acids is 1. The van der Waals surface area contributed by atoms with Crippen LogP contribution in [0.5, 0.6) is 0 Å². The van der Waals surface area contributed by atoms with Gasteiger partial charge in [0.25, 0.3) is 0 Å². The van der Waals surface area contributed by atoms with Crippen molar-refractivity contribution in [3.8, 4) is 0 Å². The molecule has 2 rings (SSSR count). The van der Waals surface area contributed by atoms with Gasteiger partial charge < -0.3 is 14.7 Å². The molecular weight excluding hydrogens is 298 g/mol. The van der Waals surface area contributed by atoms with Gasteiger partial charge in [0.15, 0.2) is 0 Å². The number of halogens is 1. The Hall–Kier alpha value is -0.750. The molecular formula is C14H18ClNO3S. The number of benzene rings is 1. The Labute approximate surface area is 128 Å². The van der Waals surface area contributed by atoms with Crippen LogP contribution in [-0.4, -0.2) is 53.6 Å². The Morgan fingerprint density at radius 1 is 1.50 bits per heavy atom. The standard InChI is InChI=1S/C14H18ClNO3S/c1-10-8-19-12(7-17)6-16(10)14(18)9-20-13-4-2-11(15)3-5-13/h2-5,10,12,17H,6-9H2,1H3. The number of morpholine rings is 1. The number of nitrogens with zero attached hydrogens (tertiary/aromatic N) is 1. The predicted octanol–water partition coefficient (Wildman–Crippen LogP) is 2.04. The first-order valence-electron chi connectivity index (χ1n) is 6.50. The lowest BCUT2D eigenvalue weighted by Crippen LogP contribution is -2.52. The summed E-state index contributed by atoms with van der Waals surface area (Å²) < 4.78 is 5.43. The van der Waals surface area contributed by atoms with Gasteiger partial charge in [-0.3, -0.25) is 4.79 Å². The molecule has 1 amide bonds. The van der Waals surface area contributed by atoms with Crippen LogP contribution in [-0.2, 0) is 9.53 Å². The van der Waals surface area contributed by atoms with E-state index in [1.807, 2.05) is 31.2 Å². The summed E-state index contributed by atoms with van der Waals surface area (Å²) in [7, 11) is 0. The molecule has 1 fully saturated rings. The SMILES string of the molecule is CC1COC(CO)CN1C(=O)CSc1ccc(Cl)cc1. The molecule has 1 aromatic rings. The maximum absolute atomic E-state index is 12.3. The molecule has 4 nitrogen and oxygen atoms in total. The van der Waals surface area contributed by atoms with E-state index in [1.165, 1.54) is 11.8 Å². The summed E-state index contributed by atoms with van der Waals surface area (Å²) in [4.78, 5) is 15.1. The summed E-state index contributed by atoms with van der Waals surface area (Å²) in [6, 6.07) is 7.48. The number of thioether (sulfide) groups is 1. The van der Waals surface area contributed by atoms with Gasteiger partial charge in [-0.05, 0) is 31.2 Å². The molecule has 1 heterocycles. The third-order valence-corrected chi connectivity index (χ3v) is 4.45. The molecule has 110 valence electrons. The first-order valence-corrected chi connectivity index (χ1v) is 7.87. The topological polar surface area (TPSA) is 49.8 Å². The molecule has 1 aliphatic heterocycles. The van der Waals surface area contributed by atoms with Gasteiger partial charge in [0.2, 0.25) is 5.91 Å². The molecule has 2 atom stereocenters. The van der Waals surface area contributed by atoms with Crippen molar-refractivity contribution < 1.29 is 14.6 Å². The average Bonchev–Trinajstić information content (AvgIpc) is 2.47. The Kier molecular flexibility index (Phi) is 5.72. The Balaban J connectivity index is 1.88. The second-order valence-electron chi connectivity index (χ2n) is 4.78. The number of ether oxygens (including phenoxy) is 1. The number of hydrogen-bond acceptors (Lipinski definition) is 4. The highest BCUT2D eigenvalue weighted by Gasteiger charge is 2.28. The zero-order valence-corrected chi connectivity index (χ0v) is 12.9. The normalized spacial score (nSPS) is 22.9. The van der Waals surface area contributed by atoms with E-state index in [-0.39, 0.29) is 24.7 Å². The van der Waals surface area contributed by atoms with Crippen molar-refractivity contribution in [1.82, 2.24) is 4.90 Å². The molecule has 0 bridgehead atoms. The van der Waals surface area contributed by atoms with Crippen LogP contribution in [0.4, 0.5) is 0 Å². The van der Waals surface area contributed by atoms with Gasteiger partial charge in [0, 0.05) is 16.5 Å². The van der Waals surface area contributed by atoms with Crippen LogP contribution in [0.1, 0.15) is 6.92 Å². The summed E-state index contributed by atoms with van der Waals surface area (Å²) in [5.74, 6) is 0.448. The van der Waals surface area contributed by atoms with Crippen molar-refractivity contribution in [2.24, 2.45) is 0 Å². The van der Waals surface area contributed by atoms with Gasteiger partial charge in [-0.15, -0.1) is 11.8 Å². The van der Waals surface area contributed by atoms with E-state index in [0.717, 1.165) is 4.90 Å². The molecule has 20 heavy (non-hydrogen) atoms. The lowest BCUT2D eigenvalue weighted by atomic mass is 10.2. The minimum absolute atomic E-state index is 0.0520. The average molecular weight is 316 g/mol. The van der Waals surface area contributed by atoms with Crippen LogP contribution in [0.2, 0.25) is 5.02 Å². The minimum atomic E-state index is -0.268. The lowest BCUT2D eigenvalue weighted by Gasteiger charge is -2.37. The maximum atomic E-state index is 12.3. The van der Waals surface area contributed by atoms with Gasteiger partial charge in [0.05, 0.1) is 31.1 Å². The fourth-order valence-corrected chi connectivity index (χ4v) is 2.94. The smallest absolute Gasteiger partial charge is 0.233 e. The number of carbonyl (C=O) groups is 1. The van der Waals surface area contributed by atoms with Crippen molar-refractivity contribution >= 4 is 29.3 Å². The van der Waals surface area contributed by atoms with E-state index in [0.29, 0.717) is 23.9 Å². The summed E-state index contributed by atoms with van der Waals surface area (Å²) in [5, 5.41) is 9.82. The Morgan fingerprint density at radius 2 is 2.20 bits per heavy atom. The molecule has 1 saturated heterocycles. The van der Waals surface area contributed by atoms with Gasteiger partial charge >= 0.3 is 0 Å². The predicted molar refractivity (Wildman–Crippen MR) is 80.2 cm³/mol. The highest BCUT2D eigenvalue weighted by molar-refractivity contribution is 8.00. The van der Waals surface area contributed by atoms with Crippen molar-refractivity contribution in [2.75, 3.05) is 25.5 Å². The second-order valence-corrected chi connectivity index (χ2v) is 6.26. The third kappa shape index (κ3) is 4.12. The molecule has 1 N–H and O–H groups in total. The quantitative estimate of drug-likeness (QED) is 0.864. The first-order chi connectivity index (χ1) is 9.60. The minimum Gasteiger partial charge on any atom is -0.394 e. The summed E-state index contributed by atoms with van der Waals surface area (Å²) in [6.07, 6.45) is -0.268. The van der Waals surface area contributed by atoms with Crippen LogP contribution in [0, 0.1) is 0 Å². The summed E-state index contributed by atoms with van der Waals surface area (Å²) in [5.41, 5.74) is 0. The second kappa shape index (κ2) is 7.31. The van der Waals surface area contributed by atoms with Crippen LogP contribution in [0.25, 0.3) is 0 Å². The summed E-state index contributed by atoms with van der Waals surface area (Å²) >= 11 is 7.31. The molecule has 0 aliphatic carbocycles. The number of aliphatic hydroxyl groups excluding tert-OH is 1. The van der Waals surface area contributed by atoms with E-state index < -0.39 is 0 Å². The van der Waals surface area contributed by atoms with Gasteiger partial charge in [-0.25, -0.2) is 0 Å². The van der Waals surface area contributed by atoms with Gasteiger partial charge in [0.1, 0.15) is 0 Å². The van der Waals surface area contributed by atoms with Crippen molar-refractivity contribution in [3.05, 3.63) is 29.3 Å². The number of hydrogen-bond donors (Lipinski definition) is 1. The van der Waals surface area contributed by atoms with E-state index in [2.05, 4.69) is 0 Å². The van der Waals surface area contributed by atoms with Gasteiger partial charge in [-0.1, -0.05) is 11.6 Å². The molecule has 1 aliphatic rings. The molecule has 0 saturated carbocycles. The highest BCUT2D eigenvalue weighted by atomic mass is 35.5. The van der Waals surface area contributed by atoms with Crippen LogP contribution < -0.4 is 0 Å². The van der Waals surface area contributed by atoms with E-state index >= 15 is 0 Å². The third-order valence-electron chi connectivity index (χ3n) is 3.21. The maximum Gasteiger partial charge on any atom is 0.233 e. The molecule has 1 aromatic carbocycles. The largest absolute Gasteiger partial charge is 0.394 e. The van der Waals surface area contributed by atoms with Crippen molar-refractivity contribution in [2.45, 2.75) is 24.0 Å². The van der Waals surface area contributed by atoms with E-state index in [4.69, 9.17) is 21.4 Å². The zero-order chi connectivity index (χ0) is 14.5. The van der Waals surface area contributed by atoms with E-state index in [1.54, 1.807) is 4.90 Å². The fraction of sp³-hybridized carbons (Fsp3) is 0.500. The van der Waals surface area contributed by atoms with Crippen LogP contribution in [0.3, 0.4) is 0 Å². The van der Waals surface area contributed by atoms with Crippen molar-refractivity contribution in [3.63, 3.8) is 0 Å². The zero-order valence-electron chi connectivity index (χ0n) is 11.3. The highest BCUT2D eigenvalue weighted by Crippen LogP contribution is 2.22. The molecule has 6 heteroatoms. The Morgan fingerprint density at radius 3 is 2.85 bits per heavy atom. The number of aliphatic hydroxyl groups is 1. The lowest BCUT2D eigenvalue weighted by molar-refractivity contribution is -0.143. The first kappa shape index (κ1) is 15.6. The van der Waals surface area contributed by atoms with E-state index in [9.17, 15) is 4.79 Å².